The highest BCUT2D eigenvalue weighted by molar-refractivity contribution is 5.00. The zero-order valence-electron chi connectivity index (χ0n) is 4.72. The fraction of sp³-hybridized carbons (Fsp3) is 0.167. The van der Waals surface area contributed by atoms with E-state index in [4.69, 9.17) is 4.74 Å². The Morgan fingerprint density at radius 2 is 2.38 bits per heavy atom. The SMILES string of the molecule is COc1cccc[nH+]1. The summed E-state index contributed by atoms with van der Waals surface area (Å²) in [4.78, 5) is 2.90. The molecule has 1 heterocycles. The average Bonchev–Trinajstić information content (AvgIpc) is 1.90. The van der Waals surface area contributed by atoms with Crippen LogP contribution in [0.1, 0.15) is 0 Å². The van der Waals surface area contributed by atoms with Crippen LogP contribution < -0.4 is 9.72 Å². The van der Waals surface area contributed by atoms with E-state index in [2.05, 4.69) is 4.98 Å². The van der Waals surface area contributed by atoms with Crippen molar-refractivity contribution in [2.24, 2.45) is 0 Å². The Kier molecular flexibility index (Phi) is 1.47. The van der Waals surface area contributed by atoms with Crippen LogP contribution in [0.2, 0.25) is 0 Å². The minimum atomic E-state index is 0.785. The monoisotopic (exact) mass is 110 g/mol. The largest absolute Gasteiger partial charge is 0.448 e. The van der Waals surface area contributed by atoms with Crippen LogP contribution in [-0.4, -0.2) is 7.11 Å². The van der Waals surface area contributed by atoms with Crippen LogP contribution >= 0.6 is 0 Å². The molecule has 0 bridgehead atoms. The minimum Gasteiger partial charge on any atom is -0.448 e. The Hall–Kier alpha value is -1.05. The Labute approximate surface area is 48.1 Å². The van der Waals surface area contributed by atoms with Crippen LogP contribution in [0.3, 0.4) is 0 Å². The third-order valence-corrected chi connectivity index (χ3v) is 0.900. The molecule has 0 atom stereocenters. The number of methoxy groups -OCH3 is 1. The van der Waals surface area contributed by atoms with Crippen LogP contribution in [0.5, 0.6) is 5.88 Å². The van der Waals surface area contributed by atoms with Crippen LogP contribution in [-0.2, 0) is 0 Å². The number of aromatic amines is 1. The molecule has 0 spiro atoms. The predicted octanol–water partition coefficient (Wildman–Crippen LogP) is 0.509. The molecular formula is C6H8NO+. The fourth-order valence-electron chi connectivity index (χ4n) is 0.504. The van der Waals surface area contributed by atoms with Crippen molar-refractivity contribution >= 4 is 0 Å². The van der Waals surface area contributed by atoms with Gasteiger partial charge in [0.1, 0.15) is 0 Å². The van der Waals surface area contributed by atoms with E-state index < -0.39 is 0 Å². The van der Waals surface area contributed by atoms with Gasteiger partial charge in [-0.15, -0.1) is 0 Å². The van der Waals surface area contributed by atoms with Crippen molar-refractivity contribution in [3.05, 3.63) is 24.4 Å². The molecule has 0 aromatic carbocycles. The minimum absolute atomic E-state index is 0.785. The van der Waals surface area contributed by atoms with E-state index in [1.54, 1.807) is 7.11 Å². The van der Waals surface area contributed by atoms with E-state index >= 15 is 0 Å². The molecule has 0 aliphatic carbocycles. The van der Waals surface area contributed by atoms with Gasteiger partial charge in [-0.2, -0.15) is 4.98 Å². The molecule has 0 unspecified atom stereocenters. The van der Waals surface area contributed by atoms with E-state index in [9.17, 15) is 0 Å². The van der Waals surface area contributed by atoms with Crippen molar-refractivity contribution in [3.8, 4) is 5.88 Å². The Morgan fingerprint density at radius 3 is 2.75 bits per heavy atom. The molecule has 0 saturated carbocycles. The fourth-order valence-corrected chi connectivity index (χ4v) is 0.504. The Morgan fingerprint density at radius 1 is 1.50 bits per heavy atom. The van der Waals surface area contributed by atoms with E-state index in [0.29, 0.717) is 0 Å². The molecule has 8 heavy (non-hydrogen) atoms. The van der Waals surface area contributed by atoms with Gasteiger partial charge in [-0.3, -0.25) is 0 Å². The number of pyridine rings is 1. The first kappa shape index (κ1) is 5.09. The van der Waals surface area contributed by atoms with Gasteiger partial charge < -0.3 is 4.74 Å². The van der Waals surface area contributed by atoms with Crippen molar-refractivity contribution in [2.75, 3.05) is 7.11 Å². The molecule has 0 aliphatic heterocycles. The summed E-state index contributed by atoms with van der Waals surface area (Å²) in [5, 5.41) is 0. The molecule has 1 aromatic rings. The summed E-state index contributed by atoms with van der Waals surface area (Å²) in [5.74, 6) is 0.785. The van der Waals surface area contributed by atoms with E-state index in [1.165, 1.54) is 0 Å². The van der Waals surface area contributed by atoms with Crippen molar-refractivity contribution in [2.45, 2.75) is 0 Å². The number of aromatic nitrogens is 1. The lowest BCUT2D eigenvalue weighted by molar-refractivity contribution is -0.392. The van der Waals surface area contributed by atoms with E-state index in [-0.39, 0.29) is 0 Å². The Balaban J connectivity index is 2.83. The van der Waals surface area contributed by atoms with Crippen molar-refractivity contribution in [1.29, 1.82) is 0 Å². The highest BCUT2D eigenvalue weighted by Gasteiger charge is 1.90. The average molecular weight is 110 g/mol. The normalized spacial score (nSPS) is 8.62. The topological polar surface area (TPSA) is 23.4 Å². The lowest BCUT2D eigenvalue weighted by Crippen LogP contribution is -2.04. The molecular weight excluding hydrogens is 102 g/mol. The molecule has 42 valence electrons. The van der Waals surface area contributed by atoms with Gasteiger partial charge in [0.05, 0.1) is 13.2 Å². The number of rotatable bonds is 1. The molecule has 0 aliphatic rings. The van der Waals surface area contributed by atoms with Crippen molar-refractivity contribution in [1.82, 2.24) is 0 Å². The summed E-state index contributed by atoms with van der Waals surface area (Å²) in [5.41, 5.74) is 0. The van der Waals surface area contributed by atoms with Gasteiger partial charge in [-0.25, -0.2) is 0 Å². The lowest BCUT2D eigenvalue weighted by atomic mass is 10.5. The first-order valence-corrected chi connectivity index (χ1v) is 2.44. The molecule has 0 fully saturated rings. The number of hydrogen-bond acceptors (Lipinski definition) is 1. The highest BCUT2D eigenvalue weighted by atomic mass is 16.5. The van der Waals surface area contributed by atoms with Gasteiger partial charge in [-0.05, 0) is 6.07 Å². The zero-order chi connectivity index (χ0) is 5.82. The summed E-state index contributed by atoms with van der Waals surface area (Å²) in [6.45, 7) is 0. The summed E-state index contributed by atoms with van der Waals surface area (Å²) in [7, 11) is 1.63. The van der Waals surface area contributed by atoms with Gasteiger partial charge in [0, 0.05) is 6.07 Å². The number of nitrogens with one attached hydrogen (secondary N) is 1. The maximum absolute atomic E-state index is 4.86. The van der Waals surface area contributed by atoms with Crippen molar-refractivity contribution < 1.29 is 9.72 Å². The van der Waals surface area contributed by atoms with Gasteiger partial charge in [0.2, 0.25) is 0 Å². The van der Waals surface area contributed by atoms with Crippen LogP contribution in [0.15, 0.2) is 24.4 Å². The molecule has 2 nitrogen and oxygen atoms in total. The highest BCUT2D eigenvalue weighted by Crippen LogP contribution is 1.93. The maximum atomic E-state index is 4.86. The van der Waals surface area contributed by atoms with Crippen molar-refractivity contribution in [3.63, 3.8) is 0 Å². The van der Waals surface area contributed by atoms with Gasteiger partial charge in [0.15, 0.2) is 6.20 Å². The van der Waals surface area contributed by atoms with Gasteiger partial charge >= 0.3 is 5.88 Å². The number of H-pyrrole nitrogens is 1. The second-order valence-electron chi connectivity index (χ2n) is 1.43. The molecule has 0 saturated heterocycles. The van der Waals surface area contributed by atoms with Crippen LogP contribution in [0, 0.1) is 0 Å². The summed E-state index contributed by atoms with van der Waals surface area (Å²) in [6, 6.07) is 5.68. The number of ether oxygens (including phenoxy) is 1. The second kappa shape index (κ2) is 2.31. The first-order valence-electron chi connectivity index (χ1n) is 2.44. The quantitative estimate of drug-likeness (QED) is 0.516. The predicted molar refractivity (Wildman–Crippen MR) is 29.5 cm³/mol. The summed E-state index contributed by atoms with van der Waals surface area (Å²) < 4.78 is 4.86. The van der Waals surface area contributed by atoms with Gasteiger partial charge in [-0.1, -0.05) is 0 Å². The summed E-state index contributed by atoms with van der Waals surface area (Å²) >= 11 is 0. The molecule has 1 aromatic heterocycles. The molecule has 2 heteroatoms. The Bertz CT molecular complexity index is 150. The molecule has 1 rings (SSSR count). The first-order chi connectivity index (χ1) is 3.93. The second-order valence-corrected chi connectivity index (χ2v) is 1.43. The van der Waals surface area contributed by atoms with E-state index in [0.717, 1.165) is 5.88 Å². The summed E-state index contributed by atoms with van der Waals surface area (Å²) in [6.07, 6.45) is 1.82. The smallest absolute Gasteiger partial charge is 0.365 e. The molecule has 0 amide bonds. The van der Waals surface area contributed by atoms with Crippen LogP contribution in [0.4, 0.5) is 0 Å². The van der Waals surface area contributed by atoms with Crippen LogP contribution in [0.25, 0.3) is 0 Å². The third kappa shape index (κ3) is 0.964. The lowest BCUT2D eigenvalue weighted by Gasteiger charge is -1.85. The van der Waals surface area contributed by atoms with Gasteiger partial charge in [0.25, 0.3) is 0 Å². The van der Waals surface area contributed by atoms with E-state index in [1.807, 2.05) is 24.4 Å². The molecule has 0 radical (unpaired) electrons. The molecule has 1 N–H and O–H groups in total. The zero-order valence-corrected chi connectivity index (χ0v) is 4.72. The third-order valence-electron chi connectivity index (χ3n) is 0.900. The maximum Gasteiger partial charge on any atom is 0.365 e. The standard InChI is InChI=1S/C6H7NO/c1-8-6-4-2-3-5-7-6/h2-5H,1H3/p+1. The number of hydrogen-bond donors (Lipinski definition) is 0.